The highest BCUT2D eigenvalue weighted by Gasteiger charge is 2.32. The highest BCUT2D eigenvalue weighted by Crippen LogP contribution is 2.36. The lowest BCUT2D eigenvalue weighted by atomic mass is 10.1. The molecule has 3 rings (SSSR count). The molecule has 0 unspecified atom stereocenters. The SMILES string of the molecule is CC(=O)N1N=C(c2ccc(C)s2)C[C@@H]1c1cccs1. The van der Waals surface area contributed by atoms with Crippen molar-refractivity contribution in [3.8, 4) is 0 Å². The van der Waals surface area contributed by atoms with Crippen molar-refractivity contribution in [3.63, 3.8) is 0 Å². The fraction of sp³-hybridized carbons (Fsp3) is 0.286. The first kappa shape index (κ1) is 12.6. The molecule has 1 aliphatic heterocycles. The number of nitrogens with zero attached hydrogens (tertiary/aromatic N) is 2. The Hall–Kier alpha value is -1.46. The van der Waals surface area contributed by atoms with Gasteiger partial charge in [0.15, 0.2) is 0 Å². The average Bonchev–Trinajstić information content (AvgIpc) is 3.07. The standard InChI is InChI=1S/C14H14N2OS2/c1-9-5-6-13(19-9)11-8-12(14-4-3-7-18-14)16(15-11)10(2)17/h3-7,12H,8H2,1-2H3/t12-/m1/s1. The molecule has 0 spiro atoms. The Morgan fingerprint density at radius 1 is 1.42 bits per heavy atom. The molecule has 1 atom stereocenters. The van der Waals surface area contributed by atoms with E-state index in [0.29, 0.717) is 0 Å². The van der Waals surface area contributed by atoms with Gasteiger partial charge in [0.05, 0.1) is 16.6 Å². The van der Waals surface area contributed by atoms with Crippen LogP contribution < -0.4 is 0 Å². The molecule has 5 heteroatoms. The second-order valence-corrected chi connectivity index (χ2v) is 6.82. The zero-order valence-electron chi connectivity index (χ0n) is 10.8. The number of hydrogen-bond acceptors (Lipinski definition) is 4. The van der Waals surface area contributed by atoms with Crippen LogP contribution in [0.1, 0.15) is 34.0 Å². The van der Waals surface area contributed by atoms with E-state index in [9.17, 15) is 4.79 Å². The fourth-order valence-electron chi connectivity index (χ4n) is 2.24. The summed E-state index contributed by atoms with van der Waals surface area (Å²) in [7, 11) is 0. The summed E-state index contributed by atoms with van der Waals surface area (Å²) in [6, 6.07) is 8.34. The molecule has 2 aromatic heterocycles. The van der Waals surface area contributed by atoms with Crippen molar-refractivity contribution < 1.29 is 4.79 Å². The zero-order chi connectivity index (χ0) is 13.4. The van der Waals surface area contributed by atoms with Crippen molar-refractivity contribution in [3.05, 3.63) is 44.3 Å². The summed E-state index contributed by atoms with van der Waals surface area (Å²) in [5.41, 5.74) is 1.02. The van der Waals surface area contributed by atoms with Crippen LogP contribution in [-0.4, -0.2) is 16.6 Å². The maximum Gasteiger partial charge on any atom is 0.240 e. The number of thiophene rings is 2. The molecule has 3 nitrogen and oxygen atoms in total. The van der Waals surface area contributed by atoms with E-state index in [-0.39, 0.29) is 11.9 Å². The summed E-state index contributed by atoms with van der Waals surface area (Å²) >= 11 is 3.41. The number of hydrogen-bond donors (Lipinski definition) is 0. The van der Waals surface area contributed by atoms with E-state index in [1.807, 2.05) is 11.4 Å². The number of carbonyl (C=O) groups excluding carboxylic acids is 1. The normalized spacial score (nSPS) is 18.7. The van der Waals surface area contributed by atoms with Gasteiger partial charge in [-0.1, -0.05) is 6.07 Å². The zero-order valence-corrected chi connectivity index (χ0v) is 12.4. The molecule has 0 saturated carbocycles. The highest BCUT2D eigenvalue weighted by atomic mass is 32.1. The smallest absolute Gasteiger partial charge is 0.240 e. The van der Waals surface area contributed by atoms with Gasteiger partial charge in [0.25, 0.3) is 0 Å². The molecule has 0 bridgehead atoms. The van der Waals surface area contributed by atoms with Gasteiger partial charge in [0.2, 0.25) is 5.91 Å². The van der Waals surface area contributed by atoms with Crippen molar-refractivity contribution in [1.29, 1.82) is 0 Å². The van der Waals surface area contributed by atoms with Crippen molar-refractivity contribution >= 4 is 34.3 Å². The van der Waals surface area contributed by atoms with Crippen molar-refractivity contribution in [2.45, 2.75) is 26.3 Å². The van der Waals surface area contributed by atoms with Crippen LogP contribution in [-0.2, 0) is 4.79 Å². The Labute approximate surface area is 120 Å². The van der Waals surface area contributed by atoms with E-state index in [0.717, 1.165) is 12.1 Å². The largest absolute Gasteiger partial charge is 0.273 e. The van der Waals surface area contributed by atoms with Crippen LogP contribution in [0, 0.1) is 6.92 Å². The molecular formula is C14H14N2OS2. The molecular weight excluding hydrogens is 276 g/mol. The maximum absolute atomic E-state index is 11.8. The number of hydrazone groups is 1. The Morgan fingerprint density at radius 2 is 2.26 bits per heavy atom. The first-order valence-electron chi connectivity index (χ1n) is 6.12. The lowest BCUT2D eigenvalue weighted by Crippen LogP contribution is -2.23. The first-order chi connectivity index (χ1) is 9.15. The van der Waals surface area contributed by atoms with E-state index < -0.39 is 0 Å². The minimum atomic E-state index is 0.00155. The highest BCUT2D eigenvalue weighted by molar-refractivity contribution is 7.14. The van der Waals surface area contributed by atoms with Gasteiger partial charge in [-0.3, -0.25) is 4.79 Å². The topological polar surface area (TPSA) is 32.7 Å². The average molecular weight is 290 g/mol. The van der Waals surface area contributed by atoms with Gasteiger partial charge < -0.3 is 0 Å². The molecule has 19 heavy (non-hydrogen) atoms. The summed E-state index contributed by atoms with van der Waals surface area (Å²) in [5.74, 6) is 0.00155. The summed E-state index contributed by atoms with van der Waals surface area (Å²) in [5, 5.41) is 8.19. The summed E-state index contributed by atoms with van der Waals surface area (Å²) in [6.45, 7) is 3.66. The molecule has 0 N–H and O–H groups in total. The molecule has 98 valence electrons. The molecule has 0 fully saturated rings. The van der Waals surface area contributed by atoms with Gasteiger partial charge in [0.1, 0.15) is 0 Å². The third-order valence-electron chi connectivity index (χ3n) is 3.13. The van der Waals surface area contributed by atoms with Crippen LogP contribution in [0.3, 0.4) is 0 Å². The van der Waals surface area contributed by atoms with E-state index in [1.54, 1.807) is 34.6 Å². The van der Waals surface area contributed by atoms with Crippen molar-refractivity contribution in [2.24, 2.45) is 5.10 Å². The van der Waals surface area contributed by atoms with E-state index in [4.69, 9.17) is 0 Å². The van der Waals surface area contributed by atoms with E-state index in [2.05, 4.69) is 30.2 Å². The quantitative estimate of drug-likeness (QED) is 0.827. The van der Waals surface area contributed by atoms with Gasteiger partial charge in [-0.25, -0.2) is 5.01 Å². The molecule has 1 amide bonds. The molecule has 0 aromatic carbocycles. The molecule has 0 saturated heterocycles. The Morgan fingerprint density at radius 3 is 2.84 bits per heavy atom. The predicted octanol–water partition coefficient (Wildman–Crippen LogP) is 3.82. The van der Waals surface area contributed by atoms with Crippen LogP contribution >= 0.6 is 22.7 Å². The maximum atomic E-state index is 11.8. The van der Waals surface area contributed by atoms with Gasteiger partial charge in [-0.05, 0) is 30.5 Å². The Kier molecular flexibility index (Phi) is 3.24. The van der Waals surface area contributed by atoms with Crippen LogP contribution in [0.2, 0.25) is 0 Å². The van der Waals surface area contributed by atoms with E-state index in [1.165, 1.54) is 14.6 Å². The Balaban J connectivity index is 1.93. The fourth-order valence-corrected chi connectivity index (χ4v) is 3.91. The summed E-state index contributed by atoms with van der Waals surface area (Å²) < 4.78 is 0. The predicted molar refractivity (Wildman–Crippen MR) is 79.8 cm³/mol. The number of amides is 1. The first-order valence-corrected chi connectivity index (χ1v) is 7.82. The van der Waals surface area contributed by atoms with E-state index >= 15 is 0 Å². The van der Waals surface area contributed by atoms with Crippen molar-refractivity contribution in [2.75, 3.05) is 0 Å². The number of aryl methyl sites for hydroxylation is 1. The lowest BCUT2D eigenvalue weighted by molar-refractivity contribution is -0.130. The second-order valence-electron chi connectivity index (χ2n) is 4.56. The van der Waals surface area contributed by atoms with Gasteiger partial charge in [-0.15, -0.1) is 22.7 Å². The summed E-state index contributed by atoms with van der Waals surface area (Å²) in [6.07, 6.45) is 0.806. The molecule has 0 radical (unpaired) electrons. The number of carbonyl (C=O) groups is 1. The van der Waals surface area contributed by atoms with Crippen molar-refractivity contribution in [1.82, 2.24) is 5.01 Å². The third-order valence-corrected chi connectivity index (χ3v) is 5.15. The minimum Gasteiger partial charge on any atom is -0.273 e. The molecule has 3 heterocycles. The minimum absolute atomic E-state index is 0.00155. The van der Waals surface area contributed by atoms with Crippen LogP contribution in [0.25, 0.3) is 0 Å². The number of rotatable bonds is 2. The molecule has 1 aliphatic rings. The van der Waals surface area contributed by atoms with Gasteiger partial charge >= 0.3 is 0 Å². The summed E-state index contributed by atoms with van der Waals surface area (Å²) in [4.78, 5) is 15.4. The van der Waals surface area contributed by atoms with Crippen LogP contribution in [0.4, 0.5) is 0 Å². The van der Waals surface area contributed by atoms with Crippen LogP contribution in [0.5, 0.6) is 0 Å². The monoisotopic (exact) mass is 290 g/mol. The third kappa shape index (κ3) is 2.35. The molecule has 2 aromatic rings. The van der Waals surface area contributed by atoms with Gasteiger partial charge in [-0.2, -0.15) is 5.10 Å². The Bertz CT molecular complexity index is 628. The molecule has 0 aliphatic carbocycles. The van der Waals surface area contributed by atoms with Crippen LogP contribution in [0.15, 0.2) is 34.7 Å². The lowest BCUT2D eigenvalue weighted by Gasteiger charge is -2.18. The second kappa shape index (κ2) is 4.90. The van der Waals surface area contributed by atoms with Gasteiger partial charge in [0, 0.05) is 23.1 Å².